The molecule has 0 bridgehead atoms. The van der Waals surface area contributed by atoms with Gasteiger partial charge in [0.25, 0.3) is 0 Å². The van der Waals surface area contributed by atoms with Gasteiger partial charge in [0.15, 0.2) is 0 Å². The summed E-state index contributed by atoms with van der Waals surface area (Å²) >= 11 is 0. The van der Waals surface area contributed by atoms with Crippen LogP contribution in [0.2, 0.25) is 0 Å². The van der Waals surface area contributed by atoms with Gasteiger partial charge < -0.3 is 20.9 Å². The van der Waals surface area contributed by atoms with E-state index in [-0.39, 0.29) is 54.9 Å². The number of carbonyl (C=O) groups is 3. The normalized spacial score (nSPS) is 16.4. The highest BCUT2D eigenvalue weighted by Gasteiger charge is 2.31. The largest absolute Gasteiger partial charge is 0.381 e. The molecule has 3 atom stereocenters. The summed E-state index contributed by atoms with van der Waals surface area (Å²) in [5.74, 6) is -1.09. The molecule has 2 aromatic carbocycles. The first-order valence-electron chi connectivity index (χ1n) is 15.0. The standard InChI is InChI=1S/C32H43N5O6.ClH/c1-21(25(33)14-16-28(34)38)43-20-23-12-10-22(11-13-23)6-4-18-42-19-5-8-24-7-3-9-26-30(24)36(2)32(41)37(26)27-15-17-29(39)35-31(27)40;/h3,7,9-13,21,25,27H,4-6,8,14-20,33H2,1-2H3,(H2,34,38)(H,35,39,40);1H/t21-,25+,27?;/m1./s1. The maximum Gasteiger partial charge on any atom is 0.329 e. The van der Waals surface area contributed by atoms with E-state index in [1.165, 1.54) is 10.1 Å². The number of halogens is 1. The molecule has 1 aromatic heterocycles. The highest BCUT2D eigenvalue weighted by Crippen LogP contribution is 2.25. The molecule has 3 amide bonds. The van der Waals surface area contributed by atoms with Crippen molar-refractivity contribution in [1.29, 1.82) is 0 Å². The van der Waals surface area contributed by atoms with Crippen LogP contribution in [0.5, 0.6) is 0 Å². The molecule has 240 valence electrons. The molecule has 2 heterocycles. The van der Waals surface area contributed by atoms with Crippen molar-refractivity contribution < 1.29 is 23.9 Å². The number of primary amides is 1. The fourth-order valence-electron chi connectivity index (χ4n) is 5.49. The number of imide groups is 1. The topological polar surface area (TPSA) is 161 Å². The molecular weight excluding hydrogens is 586 g/mol. The van der Waals surface area contributed by atoms with Crippen molar-refractivity contribution in [2.75, 3.05) is 13.2 Å². The molecule has 0 saturated carbocycles. The first-order chi connectivity index (χ1) is 20.7. The number of ether oxygens (including phenoxy) is 2. The highest BCUT2D eigenvalue weighted by atomic mass is 35.5. The number of nitrogens with two attached hydrogens (primary N) is 2. The lowest BCUT2D eigenvalue weighted by Gasteiger charge is -2.21. The van der Waals surface area contributed by atoms with Crippen molar-refractivity contribution in [1.82, 2.24) is 14.5 Å². The van der Waals surface area contributed by atoms with E-state index in [0.717, 1.165) is 42.3 Å². The minimum atomic E-state index is -0.690. The first-order valence-corrected chi connectivity index (χ1v) is 15.0. The van der Waals surface area contributed by atoms with E-state index in [2.05, 4.69) is 29.6 Å². The quantitative estimate of drug-likeness (QED) is 0.162. The number of benzene rings is 2. The SMILES string of the molecule is C[C@@H](OCc1ccc(CCCOCCCc2cccc3c2n(C)c(=O)n3C2CCC(=O)NC2=O)cc1)[C@@H](N)CCC(N)=O.Cl. The Hall–Kier alpha value is -3.51. The van der Waals surface area contributed by atoms with Gasteiger partial charge >= 0.3 is 5.69 Å². The van der Waals surface area contributed by atoms with Crippen LogP contribution in [0.25, 0.3) is 11.0 Å². The van der Waals surface area contributed by atoms with Gasteiger partial charge in [-0.15, -0.1) is 12.4 Å². The van der Waals surface area contributed by atoms with Crippen LogP contribution in [0, 0.1) is 0 Å². The lowest BCUT2D eigenvalue weighted by Crippen LogP contribution is -2.44. The van der Waals surface area contributed by atoms with Crippen LogP contribution in [0.4, 0.5) is 0 Å². The van der Waals surface area contributed by atoms with E-state index in [0.29, 0.717) is 38.2 Å². The number of aryl methyl sites for hydroxylation is 3. The Kier molecular flexibility index (Phi) is 13.1. The molecule has 1 saturated heterocycles. The molecule has 1 unspecified atom stereocenters. The summed E-state index contributed by atoms with van der Waals surface area (Å²) < 4.78 is 14.9. The van der Waals surface area contributed by atoms with E-state index in [1.54, 1.807) is 11.6 Å². The number of piperidine rings is 1. The number of aromatic nitrogens is 2. The summed E-state index contributed by atoms with van der Waals surface area (Å²) in [6.07, 6.45) is 4.48. The third kappa shape index (κ3) is 9.01. The maximum absolute atomic E-state index is 13.1. The number of amides is 3. The number of imidazole rings is 1. The van der Waals surface area contributed by atoms with Gasteiger partial charge in [-0.2, -0.15) is 0 Å². The Bertz CT molecular complexity index is 1480. The summed E-state index contributed by atoms with van der Waals surface area (Å²) in [5.41, 5.74) is 15.8. The van der Waals surface area contributed by atoms with E-state index >= 15 is 0 Å². The smallest absolute Gasteiger partial charge is 0.329 e. The summed E-state index contributed by atoms with van der Waals surface area (Å²) in [7, 11) is 1.72. The van der Waals surface area contributed by atoms with Crippen molar-refractivity contribution in [2.24, 2.45) is 18.5 Å². The van der Waals surface area contributed by atoms with Crippen LogP contribution >= 0.6 is 12.4 Å². The molecule has 12 heteroatoms. The van der Waals surface area contributed by atoms with Gasteiger partial charge in [-0.3, -0.25) is 28.8 Å². The lowest BCUT2D eigenvalue weighted by molar-refractivity contribution is -0.135. The van der Waals surface area contributed by atoms with Gasteiger partial charge in [0, 0.05) is 39.1 Å². The predicted molar refractivity (Wildman–Crippen MR) is 170 cm³/mol. The zero-order valence-electron chi connectivity index (χ0n) is 25.5. The van der Waals surface area contributed by atoms with E-state index < -0.39 is 11.9 Å². The van der Waals surface area contributed by atoms with E-state index in [9.17, 15) is 19.2 Å². The van der Waals surface area contributed by atoms with Crippen LogP contribution in [0.1, 0.15) is 68.2 Å². The Labute approximate surface area is 263 Å². The van der Waals surface area contributed by atoms with Crippen LogP contribution in [0.3, 0.4) is 0 Å². The zero-order valence-corrected chi connectivity index (χ0v) is 26.3. The van der Waals surface area contributed by atoms with E-state index in [1.807, 2.05) is 25.1 Å². The second-order valence-corrected chi connectivity index (χ2v) is 11.3. The van der Waals surface area contributed by atoms with Gasteiger partial charge in [0.05, 0.1) is 23.7 Å². The highest BCUT2D eigenvalue weighted by molar-refractivity contribution is 6.00. The predicted octanol–water partition coefficient (Wildman–Crippen LogP) is 2.82. The number of rotatable bonds is 16. The van der Waals surface area contributed by atoms with Gasteiger partial charge in [-0.25, -0.2) is 4.79 Å². The Morgan fingerprint density at radius 3 is 2.41 bits per heavy atom. The second-order valence-electron chi connectivity index (χ2n) is 11.3. The molecule has 1 aliphatic rings. The van der Waals surface area contributed by atoms with Crippen molar-refractivity contribution in [3.05, 3.63) is 69.6 Å². The Morgan fingerprint density at radius 1 is 1.05 bits per heavy atom. The molecular formula is C32H44ClN5O6. The third-order valence-electron chi connectivity index (χ3n) is 8.06. The van der Waals surface area contributed by atoms with Gasteiger partial charge in [-0.1, -0.05) is 36.4 Å². The summed E-state index contributed by atoms with van der Waals surface area (Å²) in [6.45, 7) is 3.62. The molecule has 0 aliphatic carbocycles. The third-order valence-corrected chi connectivity index (χ3v) is 8.06. The fraction of sp³-hybridized carbons (Fsp3) is 0.500. The number of hydrogen-bond acceptors (Lipinski definition) is 7. The molecule has 0 radical (unpaired) electrons. The number of hydrogen-bond donors (Lipinski definition) is 3. The minimum Gasteiger partial charge on any atom is -0.381 e. The molecule has 4 rings (SSSR count). The molecule has 0 spiro atoms. The van der Waals surface area contributed by atoms with Crippen LogP contribution in [0.15, 0.2) is 47.3 Å². The maximum atomic E-state index is 13.1. The molecule has 44 heavy (non-hydrogen) atoms. The summed E-state index contributed by atoms with van der Waals surface area (Å²) in [4.78, 5) is 48.1. The molecule has 11 nitrogen and oxygen atoms in total. The summed E-state index contributed by atoms with van der Waals surface area (Å²) in [6, 6.07) is 13.1. The van der Waals surface area contributed by atoms with Crippen molar-refractivity contribution >= 4 is 41.2 Å². The number of nitrogens with zero attached hydrogens (tertiary/aromatic N) is 2. The molecule has 1 aliphatic heterocycles. The Balaban J connectivity index is 0.00000529. The van der Waals surface area contributed by atoms with Gasteiger partial charge in [-0.05, 0) is 68.2 Å². The van der Waals surface area contributed by atoms with Gasteiger partial charge in [0.2, 0.25) is 17.7 Å². The minimum absolute atomic E-state index is 0. The number of carbonyl (C=O) groups excluding carboxylic acids is 3. The Morgan fingerprint density at radius 2 is 1.73 bits per heavy atom. The lowest BCUT2D eigenvalue weighted by atomic mass is 10.0. The van der Waals surface area contributed by atoms with Crippen molar-refractivity contribution in [3.8, 4) is 0 Å². The van der Waals surface area contributed by atoms with Crippen LogP contribution in [-0.2, 0) is 50.4 Å². The number of fused-ring (bicyclic) bond motifs is 1. The number of nitrogens with one attached hydrogen (secondary N) is 1. The zero-order chi connectivity index (χ0) is 30.9. The molecule has 1 fully saturated rings. The van der Waals surface area contributed by atoms with Crippen molar-refractivity contribution in [2.45, 2.75) is 83.1 Å². The second kappa shape index (κ2) is 16.5. The average molecular weight is 630 g/mol. The summed E-state index contributed by atoms with van der Waals surface area (Å²) in [5, 5.41) is 2.35. The first kappa shape index (κ1) is 35.0. The van der Waals surface area contributed by atoms with Crippen LogP contribution in [-0.4, -0.2) is 52.2 Å². The average Bonchev–Trinajstić information content (AvgIpc) is 3.24. The fourth-order valence-corrected chi connectivity index (χ4v) is 5.49. The van der Waals surface area contributed by atoms with Crippen LogP contribution < -0.4 is 22.5 Å². The monoisotopic (exact) mass is 629 g/mol. The molecule has 5 N–H and O–H groups in total. The van der Waals surface area contributed by atoms with Gasteiger partial charge in [0.1, 0.15) is 6.04 Å². The van der Waals surface area contributed by atoms with E-state index in [4.69, 9.17) is 20.9 Å². The number of para-hydroxylation sites is 1. The molecule has 3 aromatic rings. The van der Waals surface area contributed by atoms with Crippen molar-refractivity contribution in [3.63, 3.8) is 0 Å².